The van der Waals surface area contributed by atoms with Crippen molar-refractivity contribution in [3.63, 3.8) is 0 Å². The Bertz CT molecular complexity index is 655. The number of halogens is 1. The molecule has 2 aromatic rings. The summed E-state index contributed by atoms with van der Waals surface area (Å²) in [7, 11) is 0. The molecule has 2 rings (SSSR count). The van der Waals surface area contributed by atoms with E-state index in [9.17, 15) is 4.79 Å². The van der Waals surface area contributed by atoms with Gasteiger partial charge in [0.15, 0.2) is 0 Å². The lowest BCUT2D eigenvalue weighted by Gasteiger charge is -2.07. The highest BCUT2D eigenvalue weighted by atomic mass is 35.5. The van der Waals surface area contributed by atoms with Gasteiger partial charge in [0.1, 0.15) is 5.56 Å². The van der Waals surface area contributed by atoms with Gasteiger partial charge in [-0.2, -0.15) is 0 Å². The summed E-state index contributed by atoms with van der Waals surface area (Å²) in [5.41, 5.74) is 1.33. The molecule has 0 aliphatic carbocycles. The van der Waals surface area contributed by atoms with Gasteiger partial charge in [0, 0.05) is 24.3 Å². The lowest BCUT2D eigenvalue weighted by Crippen LogP contribution is -2.23. The highest BCUT2D eigenvalue weighted by molar-refractivity contribution is 6.31. The van der Waals surface area contributed by atoms with Crippen LogP contribution in [0.4, 0.5) is 0 Å². The van der Waals surface area contributed by atoms with E-state index in [0.717, 1.165) is 24.9 Å². The van der Waals surface area contributed by atoms with Crippen LogP contribution in [0.25, 0.3) is 0 Å². The number of hydrogen-bond donors (Lipinski definition) is 1. The Morgan fingerprint density at radius 3 is 2.78 bits per heavy atom. The maximum atomic E-state index is 12.4. The van der Waals surface area contributed by atoms with Crippen molar-refractivity contribution in [2.45, 2.75) is 39.8 Å². The maximum Gasteiger partial charge on any atom is 0.258 e. The van der Waals surface area contributed by atoms with Crippen LogP contribution in [-0.2, 0) is 13.1 Å². The topological polar surface area (TPSA) is 56.2 Å². The van der Waals surface area contributed by atoms with Crippen LogP contribution in [0.5, 0.6) is 5.88 Å². The Morgan fingerprint density at radius 2 is 2.09 bits per heavy atom. The van der Waals surface area contributed by atoms with Gasteiger partial charge >= 0.3 is 0 Å². The van der Waals surface area contributed by atoms with Crippen molar-refractivity contribution >= 4 is 17.5 Å². The quantitative estimate of drug-likeness (QED) is 0.800. The van der Waals surface area contributed by atoms with Gasteiger partial charge in [0.05, 0.1) is 6.61 Å². The van der Waals surface area contributed by atoms with Crippen molar-refractivity contribution in [2.75, 3.05) is 6.61 Å². The second-order valence-corrected chi connectivity index (χ2v) is 5.64. The van der Waals surface area contributed by atoms with Gasteiger partial charge in [0.25, 0.3) is 5.91 Å². The van der Waals surface area contributed by atoms with E-state index in [1.807, 2.05) is 25.1 Å². The van der Waals surface area contributed by atoms with Gasteiger partial charge in [-0.05, 0) is 24.5 Å². The van der Waals surface area contributed by atoms with E-state index in [0.29, 0.717) is 29.6 Å². The summed E-state index contributed by atoms with van der Waals surface area (Å²) in [4.78, 5) is 12.4. The number of nitrogens with one attached hydrogen (secondary N) is 1. The van der Waals surface area contributed by atoms with Crippen molar-refractivity contribution in [1.29, 1.82) is 0 Å². The van der Waals surface area contributed by atoms with Crippen molar-refractivity contribution in [3.8, 4) is 5.88 Å². The fourth-order valence-corrected chi connectivity index (χ4v) is 2.32. The second-order valence-electron chi connectivity index (χ2n) is 5.23. The molecule has 0 aliphatic rings. The third-order valence-corrected chi connectivity index (χ3v) is 3.63. The molecule has 0 fully saturated rings. The summed E-state index contributed by atoms with van der Waals surface area (Å²) in [5.74, 6) is 0.176. The molecule has 0 saturated heterocycles. The minimum Gasteiger partial charge on any atom is -0.476 e. The number of carbonyl (C=O) groups is 1. The number of hydrogen-bond acceptors (Lipinski definition) is 3. The summed E-state index contributed by atoms with van der Waals surface area (Å²) in [6.07, 6.45) is 3.54. The van der Waals surface area contributed by atoms with Crippen molar-refractivity contribution in [1.82, 2.24) is 15.1 Å². The number of aryl methyl sites for hydroxylation is 1. The first kappa shape index (κ1) is 17.3. The molecule has 124 valence electrons. The van der Waals surface area contributed by atoms with Gasteiger partial charge < -0.3 is 10.1 Å². The molecule has 0 spiro atoms. The minimum atomic E-state index is -0.210. The highest BCUT2D eigenvalue weighted by Gasteiger charge is 2.17. The lowest BCUT2D eigenvalue weighted by molar-refractivity contribution is 0.0946. The van der Waals surface area contributed by atoms with Crippen LogP contribution in [0.1, 0.15) is 42.6 Å². The zero-order valence-electron chi connectivity index (χ0n) is 13.5. The van der Waals surface area contributed by atoms with Gasteiger partial charge in [-0.15, -0.1) is 5.10 Å². The predicted octanol–water partition coefficient (Wildman–Crippen LogP) is 3.67. The molecule has 0 atom stereocenters. The van der Waals surface area contributed by atoms with E-state index in [1.165, 1.54) is 0 Å². The van der Waals surface area contributed by atoms with Gasteiger partial charge in [-0.3, -0.25) is 9.48 Å². The molecule has 1 amide bonds. The molecule has 23 heavy (non-hydrogen) atoms. The predicted molar refractivity (Wildman–Crippen MR) is 90.9 cm³/mol. The standard InChI is InChI=1S/C17H22ClN3O2/c1-3-9-21-12-14(17(20-21)23-10-4-2)16(22)19-11-13-7-5-6-8-15(13)18/h5-8,12H,3-4,9-11H2,1-2H3,(H,19,22). The summed E-state index contributed by atoms with van der Waals surface area (Å²) < 4.78 is 7.34. The molecule has 5 nitrogen and oxygen atoms in total. The van der Waals surface area contributed by atoms with Crippen molar-refractivity contribution < 1.29 is 9.53 Å². The van der Waals surface area contributed by atoms with Crippen molar-refractivity contribution in [2.24, 2.45) is 0 Å². The average Bonchev–Trinajstić information content (AvgIpc) is 2.95. The molecule has 1 N–H and O–H groups in total. The molecule has 1 heterocycles. The molecule has 0 saturated carbocycles. The van der Waals surface area contributed by atoms with Gasteiger partial charge in [0.2, 0.25) is 5.88 Å². The van der Waals surface area contributed by atoms with Crippen LogP contribution in [0, 0.1) is 0 Å². The second kappa shape index (κ2) is 8.58. The van der Waals surface area contributed by atoms with Crippen LogP contribution in [-0.4, -0.2) is 22.3 Å². The Labute approximate surface area is 141 Å². The minimum absolute atomic E-state index is 0.210. The fourth-order valence-electron chi connectivity index (χ4n) is 2.12. The number of carbonyl (C=O) groups excluding carboxylic acids is 1. The Morgan fingerprint density at radius 1 is 1.30 bits per heavy atom. The smallest absolute Gasteiger partial charge is 0.258 e. The van der Waals surface area contributed by atoms with E-state index < -0.39 is 0 Å². The van der Waals surface area contributed by atoms with Crippen LogP contribution < -0.4 is 10.1 Å². The normalized spacial score (nSPS) is 10.6. The molecular formula is C17H22ClN3O2. The molecule has 0 aliphatic heterocycles. The first-order valence-electron chi connectivity index (χ1n) is 7.87. The van der Waals surface area contributed by atoms with E-state index >= 15 is 0 Å². The van der Waals surface area contributed by atoms with Gasteiger partial charge in [-0.25, -0.2) is 0 Å². The largest absolute Gasteiger partial charge is 0.476 e. The highest BCUT2D eigenvalue weighted by Crippen LogP contribution is 2.18. The molecule has 1 aromatic heterocycles. The molecule has 0 radical (unpaired) electrons. The molecular weight excluding hydrogens is 314 g/mol. The first-order valence-corrected chi connectivity index (χ1v) is 8.25. The summed E-state index contributed by atoms with van der Waals surface area (Å²) >= 11 is 6.11. The Kier molecular flexibility index (Phi) is 6.47. The number of nitrogens with zero attached hydrogens (tertiary/aromatic N) is 2. The van der Waals surface area contributed by atoms with Crippen LogP contribution in [0.2, 0.25) is 5.02 Å². The molecule has 0 bridgehead atoms. The molecule has 6 heteroatoms. The van der Waals surface area contributed by atoms with E-state index in [2.05, 4.69) is 17.3 Å². The van der Waals surface area contributed by atoms with E-state index in [1.54, 1.807) is 16.9 Å². The first-order chi connectivity index (χ1) is 11.2. The number of rotatable bonds is 8. The fraction of sp³-hybridized carbons (Fsp3) is 0.412. The number of amides is 1. The maximum absolute atomic E-state index is 12.4. The summed E-state index contributed by atoms with van der Waals surface area (Å²) in [6, 6.07) is 7.44. The van der Waals surface area contributed by atoms with Crippen LogP contribution >= 0.6 is 11.6 Å². The monoisotopic (exact) mass is 335 g/mol. The zero-order valence-corrected chi connectivity index (χ0v) is 14.3. The summed E-state index contributed by atoms with van der Waals surface area (Å²) in [6.45, 7) is 5.73. The molecule has 0 unspecified atom stereocenters. The molecule has 1 aromatic carbocycles. The van der Waals surface area contributed by atoms with Gasteiger partial charge in [-0.1, -0.05) is 43.6 Å². The Hall–Kier alpha value is -2.01. The summed E-state index contributed by atoms with van der Waals surface area (Å²) in [5, 5.41) is 7.85. The third kappa shape index (κ3) is 4.73. The number of benzene rings is 1. The number of ether oxygens (including phenoxy) is 1. The van der Waals surface area contributed by atoms with E-state index in [4.69, 9.17) is 16.3 Å². The zero-order chi connectivity index (χ0) is 16.7. The third-order valence-electron chi connectivity index (χ3n) is 3.27. The van der Waals surface area contributed by atoms with E-state index in [-0.39, 0.29) is 5.91 Å². The lowest BCUT2D eigenvalue weighted by atomic mass is 10.2. The SMILES string of the molecule is CCCOc1nn(CCC)cc1C(=O)NCc1ccccc1Cl. The van der Waals surface area contributed by atoms with Crippen LogP contribution in [0.15, 0.2) is 30.5 Å². The Balaban J connectivity index is 2.09. The number of aromatic nitrogens is 2. The van der Waals surface area contributed by atoms with Crippen LogP contribution in [0.3, 0.4) is 0 Å². The average molecular weight is 336 g/mol. The van der Waals surface area contributed by atoms with Crippen molar-refractivity contribution in [3.05, 3.63) is 46.6 Å².